The molecule has 8 heteroatoms. The highest BCUT2D eigenvalue weighted by atomic mass is 16.6. The summed E-state index contributed by atoms with van der Waals surface area (Å²) in [4.78, 5) is 61.9. The lowest BCUT2D eigenvalue weighted by Crippen LogP contribution is -2.54. The molecule has 8 aliphatic rings. The summed E-state index contributed by atoms with van der Waals surface area (Å²) in [6.45, 7) is 28.7. The highest BCUT2D eigenvalue weighted by molar-refractivity contribution is 5.78. The first-order chi connectivity index (χ1) is 42.8. The number of aryl methyl sites for hydroxylation is 4. The molecule has 0 amide bonds. The number of carbonyl (C=O) groups is 4. The zero-order valence-electron chi connectivity index (χ0n) is 57.5. The van der Waals surface area contributed by atoms with Crippen LogP contribution in [0.1, 0.15) is 283 Å². The number of esters is 4. The first-order valence-electron chi connectivity index (χ1n) is 36.0. The van der Waals surface area contributed by atoms with E-state index in [-0.39, 0.29) is 113 Å². The Morgan fingerprint density at radius 2 is 0.689 bits per heavy atom. The van der Waals surface area contributed by atoms with Crippen LogP contribution in [0, 0.1) is 52.3 Å². The molecule has 8 nitrogen and oxygen atoms in total. The normalized spacial score (nSPS) is 32.3. The smallest absolute Gasteiger partial charge is 0.312 e. The highest BCUT2D eigenvalue weighted by Gasteiger charge is 2.58. The molecule has 0 bridgehead atoms. The van der Waals surface area contributed by atoms with Crippen LogP contribution in [0.5, 0.6) is 0 Å². The Hall–Kier alpha value is -5.24. The van der Waals surface area contributed by atoms with Gasteiger partial charge in [-0.3, -0.25) is 19.2 Å². The monoisotopic (exact) mass is 1220 g/mol. The van der Waals surface area contributed by atoms with E-state index < -0.39 is 10.8 Å². The van der Waals surface area contributed by atoms with E-state index in [2.05, 4.69) is 163 Å². The summed E-state index contributed by atoms with van der Waals surface area (Å²) in [5, 5.41) is 0. The topological polar surface area (TPSA) is 105 Å². The Kier molecular flexibility index (Phi) is 17.9. The molecule has 4 aromatic rings. The summed E-state index contributed by atoms with van der Waals surface area (Å²) < 4.78 is 27.4. The maximum atomic E-state index is 15.7. The van der Waals surface area contributed by atoms with Gasteiger partial charge in [-0.1, -0.05) is 182 Å². The predicted octanol–water partition coefficient (Wildman–Crippen LogP) is 18.3. The van der Waals surface area contributed by atoms with E-state index >= 15 is 19.2 Å². The van der Waals surface area contributed by atoms with Gasteiger partial charge in [0.1, 0.15) is 31.8 Å². The number of ether oxygens (including phenoxy) is 4. The maximum Gasteiger partial charge on any atom is 0.312 e. The Bertz CT molecular complexity index is 3110. The minimum atomic E-state index is -1.41. The zero-order chi connectivity index (χ0) is 63.9. The Morgan fingerprint density at radius 1 is 0.389 bits per heavy atom. The molecule has 11 unspecified atom stereocenters. The number of rotatable bonds is 16. The van der Waals surface area contributed by atoms with Crippen LogP contribution in [0.25, 0.3) is 0 Å². The third-order valence-corrected chi connectivity index (χ3v) is 26.4. The van der Waals surface area contributed by atoms with Crippen LogP contribution in [0.3, 0.4) is 0 Å². The molecule has 12 atom stereocenters. The van der Waals surface area contributed by atoms with E-state index in [1.807, 2.05) is 0 Å². The van der Waals surface area contributed by atoms with Gasteiger partial charge in [-0.05, 0) is 245 Å². The van der Waals surface area contributed by atoms with Crippen LogP contribution in [-0.2, 0) is 85.5 Å². The summed E-state index contributed by atoms with van der Waals surface area (Å²) in [7, 11) is 0. The van der Waals surface area contributed by atoms with E-state index in [1.54, 1.807) is 0 Å². The van der Waals surface area contributed by atoms with Crippen LogP contribution in [0.15, 0.2) is 72.8 Å². The molecular weight excluding hydrogens is 1110 g/mol. The second-order valence-corrected chi connectivity index (χ2v) is 33.1. The van der Waals surface area contributed by atoms with Crippen molar-refractivity contribution in [2.75, 3.05) is 26.4 Å². The molecule has 486 valence electrons. The van der Waals surface area contributed by atoms with Gasteiger partial charge in [0, 0.05) is 0 Å². The molecule has 0 aliphatic heterocycles. The largest absolute Gasteiger partial charge is 0.464 e. The van der Waals surface area contributed by atoms with Crippen LogP contribution >= 0.6 is 0 Å². The fraction of sp³-hybridized carbons (Fsp3) is 0.659. The van der Waals surface area contributed by atoms with Gasteiger partial charge in [-0.2, -0.15) is 0 Å². The van der Waals surface area contributed by atoms with Crippen molar-refractivity contribution in [2.24, 2.45) is 52.3 Å². The van der Waals surface area contributed by atoms with Gasteiger partial charge in [0.2, 0.25) is 0 Å². The Morgan fingerprint density at radius 3 is 1.02 bits per heavy atom. The van der Waals surface area contributed by atoms with E-state index in [0.717, 1.165) is 122 Å². The van der Waals surface area contributed by atoms with E-state index in [9.17, 15) is 0 Å². The van der Waals surface area contributed by atoms with E-state index in [1.165, 1.54) is 66.8 Å². The SMILES string of the molecule is CC(C)c1ccc2c(c1)CCC1C(C(=O)OCC(COC(=O)C3CCCC4(C)c5ccc(C(C)C)cc5CCC34)(COC(=O)C3CCCC4(C)c5ccc(C(C)C)cc5CCC34)COC(=O)[C@@]3(C)CCCC4(C)c5ccc(C(C)C)cc5CCC43)CCCC21C. The van der Waals surface area contributed by atoms with Gasteiger partial charge in [0.15, 0.2) is 0 Å². The zero-order valence-corrected chi connectivity index (χ0v) is 57.5. The number of fused-ring (bicyclic) bond motifs is 12. The molecule has 90 heavy (non-hydrogen) atoms. The van der Waals surface area contributed by atoms with Gasteiger partial charge >= 0.3 is 23.9 Å². The van der Waals surface area contributed by atoms with Gasteiger partial charge in [0.05, 0.1) is 23.2 Å². The standard InChI is InChI=1S/C82H110O8/c1-50(2)54-21-29-65-58(42-54)25-33-69-62(18-14-37-77(65,69)9)73(83)87-46-82(47-88-74(84)63-19-15-38-78(10)66-30-22-55(51(3)4)43-59(66)26-34-70(63)78,48-89-75(85)64-20-16-39-79(11)67-31-23-56(52(5)6)44-60(67)27-35-71(64)79)49-90-76(86)81(13)41-17-40-80(12)68-32-24-57(53(7)8)45-61(68)28-36-72(80)81/h21-24,29-32,42-45,50-53,62-64,69-72H,14-20,25-28,33-41,46-49H2,1-13H3/t62?,63?,64?,69?,70?,71?,72?,77?,78?,79?,80?,81-,82?/m0/s1. The third kappa shape index (κ3) is 11.5. The van der Waals surface area contributed by atoms with Crippen molar-refractivity contribution in [3.63, 3.8) is 0 Å². The quantitative estimate of drug-likeness (QED) is 0.0807. The highest BCUT2D eigenvalue weighted by Crippen LogP contribution is 2.60. The molecule has 0 aromatic heterocycles. The van der Waals surface area contributed by atoms with Gasteiger partial charge in [0.25, 0.3) is 0 Å². The molecule has 8 aliphatic carbocycles. The van der Waals surface area contributed by atoms with E-state index in [4.69, 9.17) is 18.9 Å². The van der Waals surface area contributed by atoms with Crippen LogP contribution < -0.4 is 0 Å². The lowest BCUT2D eigenvalue weighted by atomic mass is 9.49. The average molecular weight is 1220 g/mol. The summed E-state index contributed by atoms with van der Waals surface area (Å²) in [6, 6.07) is 28.1. The number of carbonyl (C=O) groups excluding carboxylic acids is 4. The molecule has 4 aromatic carbocycles. The molecule has 0 heterocycles. The van der Waals surface area contributed by atoms with Crippen LogP contribution in [-0.4, -0.2) is 50.3 Å². The van der Waals surface area contributed by atoms with Gasteiger partial charge in [-0.25, -0.2) is 0 Å². The number of hydrogen-bond donors (Lipinski definition) is 0. The van der Waals surface area contributed by atoms with Crippen LogP contribution in [0.4, 0.5) is 0 Å². The predicted molar refractivity (Wildman–Crippen MR) is 359 cm³/mol. The number of hydrogen-bond acceptors (Lipinski definition) is 8. The molecule has 4 fully saturated rings. The minimum absolute atomic E-state index is 0.0288. The van der Waals surface area contributed by atoms with Crippen molar-refractivity contribution in [1.29, 1.82) is 0 Å². The second kappa shape index (κ2) is 24.9. The summed E-state index contributed by atoms with van der Waals surface area (Å²) in [5.74, 6) is -0.186. The fourth-order valence-electron chi connectivity index (χ4n) is 20.9. The molecule has 0 N–H and O–H groups in total. The van der Waals surface area contributed by atoms with Crippen molar-refractivity contribution >= 4 is 23.9 Å². The maximum absolute atomic E-state index is 15.7. The van der Waals surface area contributed by atoms with Crippen molar-refractivity contribution in [3.05, 3.63) is 140 Å². The van der Waals surface area contributed by atoms with Gasteiger partial charge in [-0.15, -0.1) is 0 Å². The van der Waals surface area contributed by atoms with Crippen LogP contribution in [0.2, 0.25) is 0 Å². The first-order valence-corrected chi connectivity index (χ1v) is 36.0. The molecule has 0 spiro atoms. The summed E-state index contributed by atoms with van der Waals surface area (Å²) >= 11 is 0. The third-order valence-electron chi connectivity index (χ3n) is 26.4. The molecular formula is C82H110O8. The average Bonchev–Trinajstić information content (AvgIpc) is 0.785. The Labute approximate surface area is 541 Å². The van der Waals surface area contributed by atoms with Crippen molar-refractivity contribution in [1.82, 2.24) is 0 Å². The van der Waals surface area contributed by atoms with E-state index in [0.29, 0.717) is 30.1 Å². The molecule has 4 saturated carbocycles. The minimum Gasteiger partial charge on any atom is -0.464 e. The lowest BCUT2D eigenvalue weighted by molar-refractivity contribution is -0.185. The molecule has 0 saturated heterocycles. The lowest BCUT2D eigenvalue weighted by Gasteiger charge is -2.54. The summed E-state index contributed by atoms with van der Waals surface area (Å²) in [5.41, 5.74) is 13.4. The van der Waals surface area contributed by atoms with Crippen molar-refractivity contribution in [3.8, 4) is 0 Å². The molecule has 0 radical (unpaired) electrons. The summed E-state index contributed by atoms with van der Waals surface area (Å²) in [6.07, 6.45) is 17.6. The molecule has 12 rings (SSSR count). The first kappa shape index (κ1) is 64.8. The Balaban J connectivity index is 0.876. The van der Waals surface area contributed by atoms with Gasteiger partial charge < -0.3 is 18.9 Å². The second-order valence-electron chi connectivity index (χ2n) is 33.1. The van der Waals surface area contributed by atoms with Crippen molar-refractivity contribution in [2.45, 2.75) is 264 Å². The number of benzene rings is 4. The fourth-order valence-corrected chi connectivity index (χ4v) is 20.9. The van der Waals surface area contributed by atoms with Crippen molar-refractivity contribution < 1.29 is 38.1 Å².